The highest BCUT2D eigenvalue weighted by Crippen LogP contribution is 2.31. The van der Waals surface area contributed by atoms with Gasteiger partial charge in [0.25, 0.3) is 0 Å². The quantitative estimate of drug-likeness (QED) is 0.607. The van der Waals surface area contributed by atoms with Crippen LogP contribution in [0.3, 0.4) is 0 Å². The van der Waals surface area contributed by atoms with Crippen molar-refractivity contribution in [1.29, 1.82) is 0 Å². The topological polar surface area (TPSA) is 58.6 Å². The molecule has 1 amide bonds. The van der Waals surface area contributed by atoms with Crippen molar-refractivity contribution in [1.82, 2.24) is 10.2 Å². The lowest BCUT2D eigenvalue weighted by Gasteiger charge is -2.35. The molecule has 1 N–H and O–H groups in total. The lowest BCUT2D eigenvalue weighted by Crippen LogP contribution is -2.43. The molecule has 0 radical (unpaired) electrons. The predicted octanol–water partition coefficient (Wildman–Crippen LogP) is 4.23. The Bertz CT molecular complexity index is 890. The van der Waals surface area contributed by atoms with E-state index in [1.807, 2.05) is 13.0 Å². The molecule has 3 rings (SSSR count). The highest BCUT2D eigenvalue weighted by molar-refractivity contribution is 7.14. The molecule has 1 aliphatic rings. The van der Waals surface area contributed by atoms with Crippen LogP contribution in [0.1, 0.15) is 44.6 Å². The number of hydrogen-bond acceptors (Lipinski definition) is 5. The van der Waals surface area contributed by atoms with Gasteiger partial charge in [0, 0.05) is 37.4 Å². The first-order chi connectivity index (χ1) is 14.7. The Labute approximate surface area is 183 Å². The second kappa shape index (κ2) is 10.4. The van der Waals surface area contributed by atoms with Gasteiger partial charge in [-0.2, -0.15) is 13.2 Å². The Balaban J connectivity index is 1.60. The minimum absolute atomic E-state index is 0.0681. The second-order valence-electron chi connectivity index (χ2n) is 7.42. The summed E-state index contributed by atoms with van der Waals surface area (Å²) < 4.78 is 44.0. The van der Waals surface area contributed by atoms with Crippen LogP contribution in [0.5, 0.6) is 0 Å². The largest absolute Gasteiger partial charge is 0.416 e. The summed E-state index contributed by atoms with van der Waals surface area (Å²) >= 11 is 1.40. The summed E-state index contributed by atoms with van der Waals surface area (Å²) in [7, 11) is 0. The van der Waals surface area contributed by atoms with E-state index in [9.17, 15) is 22.8 Å². The number of alkyl halides is 3. The van der Waals surface area contributed by atoms with Gasteiger partial charge in [-0.1, -0.05) is 12.1 Å². The van der Waals surface area contributed by atoms with Gasteiger partial charge in [0.15, 0.2) is 5.78 Å². The highest BCUT2D eigenvalue weighted by atomic mass is 32.1. The van der Waals surface area contributed by atoms with E-state index in [0.29, 0.717) is 36.7 Å². The third-order valence-electron chi connectivity index (χ3n) is 5.20. The minimum atomic E-state index is -4.39. The number of ketones is 1. The molecule has 1 unspecified atom stereocenters. The van der Waals surface area contributed by atoms with Gasteiger partial charge in [-0.3, -0.25) is 14.5 Å². The van der Waals surface area contributed by atoms with Crippen LogP contribution in [-0.2, 0) is 15.7 Å². The fraction of sp³-hybridized carbons (Fsp3) is 0.455. The van der Waals surface area contributed by atoms with Crippen LogP contribution in [0.4, 0.5) is 13.2 Å². The molecule has 1 aromatic carbocycles. The summed E-state index contributed by atoms with van der Waals surface area (Å²) in [5.74, 6) is -0.326. The average Bonchev–Trinajstić information content (AvgIpc) is 3.19. The number of carbonyl (C=O) groups is 2. The molecule has 5 nitrogen and oxygen atoms in total. The van der Waals surface area contributed by atoms with E-state index in [2.05, 4.69) is 10.2 Å². The number of rotatable bonds is 8. The van der Waals surface area contributed by atoms with Crippen LogP contribution in [-0.4, -0.2) is 49.4 Å². The molecule has 2 aromatic rings. The summed E-state index contributed by atoms with van der Waals surface area (Å²) in [5.41, 5.74) is -0.0105. The van der Waals surface area contributed by atoms with Crippen molar-refractivity contribution in [2.75, 3.05) is 32.8 Å². The van der Waals surface area contributed by atoms with E-state index in [1.54, 1.807) is 6.07 Å². The molecule has 1 saturated heterocycles. The van der Waals surface area contributed by atoms with Gasteiger partial charge in [0.2, 0.25) is 5.91 Å². The molecule has 1 aliphatic heterocycles. The second-order valence-corrected chi connectivity index (χ2v) is 8.71. The van der Waals surface area contributed by atoms with Crippen molar-refractivity contribution in [2.24, 2.45) is 0 Å². The van der Waals surface area contributed by atoms with E-state index in [1.165, 1.54) is 23.5 Å². The number of aryl methyl sites for hydroxylation is 1. The normalized spacial score (nSPS) is 16.1. The van der Waals surface area contributed by atoms with Crippen molar-refractivity contribution in [3.8, 4) is 0 Å². The zero-order valence-corrected chi connectivity index (χ0v) is 18.0. The van der Waals surface area contributed by atoms with Crippen molar-refractivity contribution in [3.05, 3.63) is 57.3 Å². The summed E-state index contributed by atoms with van der Waals surface area (Å²) in [6.07, 6.45) is -4.21. The van der Waals surface area contributed by atoms with Crippen molar-refractivity contribution < 1.29 is 27.5 Å². The Morgan fingerprint density at radius 2 is 1.77 bits per heavy atom. The van der Waals surface area contributed by atoms with Gasteiger partial charge >= 0.3 is 6.18 Å². The van der Waals surface area contributed by atoms with Crippen LogP contribution < -0.4 is 5.32 Å². The Hall–Kier alpha value is -2.23. The number of morpholine rings is 1. The Kier molecular flexibility index (Phi) is 7.85. The molecule has 0 saturated carbocycles. The molecule has 31 heavy (non-hydrogen) atoms. The number of nitrogens with one attached hydrogen (secondary N) is 1. The van der Waals surface area contributed by atoms with Crippen molar-refractivity contribution in [3.63, 3.8) is 0 Å². The molecular formula is C22H25F3N2O3S. The van der Waals surface area contributed by atoms with Crippen LogP contribution in [0.2, 0.25) is 0 Å². The van der Waals surface area contributed by atoms with Gasteiger partial charge in [-0.25, -0.2) is 0 Å². The summed E-state index contributed by atoms with van der Waals surface area (Å²) in [6, 6.07) is 8.40. The lowest BCUT2D eigenvalue weighted by atomic mass is 10.0. The van der Waals surface area contributed by atoms with E-state index < -0.39 is 11.7 Å². The fourth-order valence-corrected chi connectivity index (χ4v) is 4.31. The summed E-state index contributed by atoms with van der Waals surface area (Å²) in [5, 5.41) is 2.84. The molecule has 0 bridgehead atoms. The first kappa shape index (κ1) is 23.4. The first-order valence-electron chi connectivity index (χ1n) is 10.1. The highest BCUT2D eigenvalue weighted by Gasteiger charge is 2.31. The molecular weight excluding hydrogens is 429 g/mol. The van der Waals surface area contributed by atoms with Gasteiger partial charge in [0.05, 0.1) is 29.7 Å². The van der Waals surface area contributed by atoms with Crippen LogP contribution in [0.25, 0.3) is 0 Å². The molecule has 0 spiro atoms. The monoisotopic (exact) mass is 454 g/mol. The molecule has 1 aromatic heterocycles. The van der Waals surface area contributed by atoms with E-state index >= 15 is 0 Å². The summed E-state index contributed by atoms with van der Waals surface area (Å²) in [6.45, 7) is 4.47. The third kappa shape index (κ3) is 6.62. The minimum Gasteiger partial charge on any atom is -0.379 e. The lowest BCUT2D eigenvalue weighted by molar-refractivity contribution is -0.137. The molecule has 1 fully saturated rings. The van der Waals surface area contributed by atoms with E-state index in [-0.39, 0.29) is 37.1 Å². The van der Waals surface area contributed by atoms with Gasteiger partial charge < -0.3 is 10.1 Å². The van der Waals surface area contributed by atoms with Crippen LogP contribution in [0, 0.1) is 6.92 Å². The van der Waals surface area contributed by atoms with Gasteiger partial charge in [0.1, 0.15) is 0 Å². The molecule has 1 atom stereocenters. The molecule has 9 heteroatoms. The maximum atomic E-state index is 12.9. The molecule has 2 heterocycles. The number of thiophene rings is 1. The maximum Gasteiger partial charge on any atom is 0.416 e. The number of carbonyl (C=O) groups excluding carboxylic acids is 2. The Morgan fingerprint density at radius 3 is 2.35 bits per heavy atom. The zero-order chi connectivity index (χ0) is 22.4. The van der Waals surface area contributed by atoms with Gasteiger partial charge in [-0.15, -0.1) is 11.3 Å². The molecule has 0 aliphatic carbocycles. The molecule has 168 valence electrons. The van der Waals surface area contributed by atoms with Gasteiger partial charge in [-0.05, 0) is 36.8 Å². The van der Waals surface area contributed by atoms with Crippen molar-refractivity contribution >= 4 is 23.0 Å². The maximum absolute atomic E-state index is 12.9. The number of halogens is 3. The predicted molar refractivity (Wildman–Crippen MR) is 112 cm³/mol. The van der Waals surface area contributed by atoms with Crippen LogP contribution in [0.15, 0.2) is 36.4 Å². The van der Waals surface area contributed by atoms with E-state index in [0.717, 1.165) is 17.0 Å². The Morgan fingerprint density at radius 1 is 1.10 bits per heavy atom. The summed E-state index contributed by atoms with van der Waals surface area (Å²) in [4.78, 5) is 28.3. The number of amides is 1. The first-order valence-corrected chi connectivity index (χ1v) is 10.9. The zero-order valence-electron chi connectivity index (χ0n) is 17.2. The van der Waals surface area contributed by atoms with Crippen LogP contribution >= 0.6 is 11.3 Å². The number of ether oxygens (including phenoxy) is 1. The number of benzene rings is 1. The van der Waals surface area contributed by atoms with E-state index in [4.69, 9.17) is 4.74 Å². The SMILES string of the molecule is Cc1ccc(C(=O)CCC(=O)NCC(c2ccc(C(F)(F)F)cc2)N2CCOCC2)s1. The third-order valence-corrected chi connectivity index (χ3v) is 6.24. The number of Topliss-reactive ketones (excluding diaryl/α,β-unsaturated/α-hetero) is 1. The number of nitrogens with zero attached hydrogens (tertiary/aromatic N) is 1. The smallest absolute Gasteiger partial charge is 0.379 e. The fourth-order valence-electron chi connectivity index (χ4n) is 3.47. The standard InChI is InChI=1S/C22H25F3N2O3S/c1-15-2-8-20(31-15)19(28)7-9-21(29)26-14-18(27-10-12-30-13-11-27)16-3-5-17(6-4-16)22(23,24)25/h2-6,8,18H,7,9-14H2,1H3,(H,26,29). The number of hydrogen-bond donors (Lipinski definition) is 1. The van der Waals surface area contributed by atoms with Crippen molar-refractivity contribution in [2.45, 2.75) is 32.0 Å². The average molecular weight is 455 g/mol.